The van der Waals surface area contributed by atoms with Gasteiger partial charge in [-0.15, -0.1) is 0 Å². The Bertz CT molecular complexity index is 514. The predicted octanol–water partition coefficient (Wildman–Crippen LogP) is 8.76. The smallest absolute Gasteiger partial charge is 0.144 e. The van der Waals surface area contributed by atoms with Gasteiger partial charge in [-0.05, 0) is 41.9 Å². The topological polar surface area (TPSA) is 17.1 Å². The van der Waals surface area contributed by atoms with Crippen molar-refractivity contribution in [2.24, 2.45) is 27.1 Å². The van der Waals surface area contributed by atoms with Gasteiger partial charge in [0.05, 0.1) is 0 Å². The Morgan fingerprint density at radius 1 is 0.714 bits per heavy atom. The first-order valence-corrected chi connectivity index (χ1v) is 11.8. The maximum atomic E-state index is 13.6. The Balaban J connectivity index is 5.46. The zero-order chi connectivity index (χ0) is 22.8. The Morgan fingerprint density at radius 2 is 1.14 bits per heavy atom. The number of hydrogen-bond donors (Lipinski definition) is 1. The summed E-state index contributed by atoms with van der Waals surface area (Å²) >= 11 is 4.70. The van der Waals surface area contributed by atoms with E-state index in [-0.39, 0.29) is 26.4 Å². The highest BCUT2D eigenvalue weighted by atomic mass is 32.1. The first-order valence-electron chi connectivity index (χ1n) is 11.4. The number of thiol groups is 1. The molecule has 0 aliphatic heterocycles. The van der Waals surface area contributed by atoms with Crippen molar-refractivity contribution < 1.29 is 4.79 Å². The lowest BCUT2D eigenvalue weighted by Crippen LogP contribution is -2.45. The minimum absolute atomic E-state index is 0.103. The molecule has 1 nitrogen and oxygen atoms in total. The van der Waals surface area contributed by atoms with Crippen LogP contribution in [0.2, 0.25) is 0 Å². The standard InChI is InChI=1S/C26H52OS/c1-14-26(13,17-15-16-21(2,3)4)24(9,10)18-22(5,6)20(27)23(7,8)19-25(11,12)28/h28H,14-19H2,1-13H3. The Hall–Kier alpha value is 0.0200. The van der Waals surface area contributed by atoms with Gasteiger partial charge in [0.25, 0.3) is 0 Å². The van der Waals surface area contributed by atoms with Gasteiger partial charge in [0, 0.05) is 15.6 Å². The van der Waals surface area contributed by atoms with Crippen LogP contribution in [0.15, 0.2) is 0 Å². The van der Waals surface area contributed by atoms with Crippen molar-refractivity contribution in [2.45, 2.75) is 133 Å². The third-order valence-electron chi connectivity index (χ3n) is 7.06. The molecule has 0 aromatic rings. The SMILES string of the molecule is CCC(C)(CCCC(C)(C)C)C(C)(C)CC(C)(C)C(=O)C(C)(C)CC(C)(C)S. The monoisotopic (exact) mass is 412 g/mol. The fraction of sp³-hybridized carbons (Fsp3) is 0.962. The molecule has 0 aromatic heterocycles. The van der Waals surface area contributed by atoms with Crippen LogP contribution >= 0.6 is 12.6 Å². The molecule has 1 unspecified atom stereocenters. The van der Waals surface area contributed by atoms with Crippen LogP contribution in [0.4, 0.5) is 0 Å². The molecule has 0 fully saturated rings. The summed E-state index contributed by atoms with van der Waals surface area (Å²) in [5.41, 5.74) is 0.0258. The highest BCUT2D eigenvalue weighted by molar-refractivity contribution is 7.81. The normalized spacial score (nSPS) is 16.8. The van der Waals surface area contributed by atoms with E-state index in [4.69, 9.17) is 12.6 Å². The first kappa shape index (κ1) is 28.0. The molecule has 0 amide bonds. The Labute approximate surface area is 183 Å². The van der Waals surface area contributed by atoms with Gasteiger partial charge in [-0.25, -0.2) is 0 Å². The maximum Gasteiger partial charge on any atom is 0.144 e. The molecule has 0 aliphatic carbocycles. The molecule has 0 spiro atoms. The van der Waals surface area contributed by atoms with Gasteiger partial charge in [-0.3, -0.25) is 4.79 Å². The van der Waals surface area contributed by atoms with Crippen LogP contribution in [0.3, 0.4) is 0 Å². The van der Waals surface area contributed by atoms with Gasteiger partial charge >= 0.3 is 0 Å². The summed E-state index contributed by atoms with van der Waals surface area (Å²) in [5, 5.41) is 0. The quantitative estimate of drug-likeness (QED) is 0.335. The van der Waals surface area contributed by atoms with E-state index in [2.05, 4.69) is 90.0 Å². The van der Waals surface area contributed by atoms with Crippen molar-refractivity contribution >= 4 is 18.4 Å². The summed E-state index contributed by atoms with van der Waals surface area (Å²) in [6.45, 7) is 29.3. The minimum atomic E-state index is -0.361. The van der Waals surface area contributed by atoms with Crippen LogP contribution in [0.25, 0.3) is 0 Å². The van der Waals surface area contributed by atoms with Crippen LogP contribution in [-0.4, -0.2) is 10.5 Å². The molecule has 0 saturated heterocycles. The third kappa shape index (κ3) is 8.41. The van der Waals surface area contributed by atoms with Crippen LogP contribution in [0, 0.1) is 27.1 Å². The second-order valence-electron chi connectivity index (χ2n) is 13.5. The highest BCUT2D eigenvalue weighted by Crippen LogP contribution is 2.53. The summed E-state index contributed by atoms with van der Waals surface area (Å²) < 4.78 is -0.143. The van der Waals surface area contributed by atoms with E-state index >= 15 is 0 Å². The number of Topliss-reactive ketones (excluding diaryl/α,β-unsaturated/α-hetero) is 1. The van der Waals surface area contributed by atoms with E-state index in [9.17, 15) is 4.79 Å². The lowest BCUT2D eigenvalue weighted by molar-refractivity contribution is -0.139. The van der Waals surface area contributed by atoms with Crippen molar-refractivity contribution in [3.8, 4) is 0 Å². The molecule has 0 aromatic carbocycles. The molecule has 1 atom stereocenters. The lowest BCUT2D eigenvalue weighted by Gasteiger charge is -2.49. The summed E-state index contributed by atoms with van der Waals surface area (Å²) in [7, 11) is 0. The third-order valence-corrected chi connectivity index (χ3v) is 7.22. The molecular formula is C26H52OS. The number of carbonyl (C=O) groups excluding carboxylic acids is 1. The molecule has 0 rings (SSSR count). The lowest BCUT2D eigenvalue weighted by atomic mass is 9.55. The average molecular weight is 413 g/mol. The molecule has 0 bridgehead atoms. The van der Waals surface area contributed by atoms with E-state index in [0.29, 0.717) is 11.2 Å². The van der Waals surface area contributed by atoms with Crippen LogP contribution in [0.1, 0.15) is 129 Å². The van der Waals surface area contributed by atoms with E-state index in [1.807, 2.05) is 0 Å². The van der Waals surface area contributed by atoms with Crippen molar-refractivity contribution in [2.75, 3.05) is 0 Å². The van der Waals surface area contributed by atoms with Crippen molar-refractivity contribution in [1.29, 1.82) is 0 Å². The summed E-state index contributed by atoms with van der Waals surface area (Å²) in [6, 6.07) is 0. The van der Waals surface area contributed by atoms with Crippen molar-refractivity contribution in [3.05, 3.63) is 0 Å². The molecule has 0 heterocycles. The van der Waals surface area contributed by atoms with E-state index in [1.54, 1.807) is 0 Å². The van der Waals surface area contributed by atoms with Gasteiger partial charge in [0.15, 0.2) is 0 Å². The molecule has 0 aliphatic rings. The average Bonchev–Trinajstić information content (AvgIpc) is 2.40. The van der Waals surface area contributed by atoms with Gasteiger partial charge in [-0.1, -0.05) is 103 Å². The Kier molecular flexibility index (Phi) is 9.03. The van der Waals surface area contributed by atoms with Crippen molar-refractivity contribution in [3.63, 3.8) is 0 Å². The zero-order valence-electron chi connectivity index (χ0n) is 21.6. The minimum Gasteiger partial charge on any atom is -0.299 e. The number of rotatable bonds is 11. The first-order chi connectivity index (χ1) is 12.1. The number of ketones is 1. The fourth-order valence-corrected chi connectivity index (χ4v) is 5.87. The molecule has 0 radical (unpaired) electrons. The molecule has 28 heavy (non-hydrogen) atoms. The number of hydrogen-bond acceptors (Lipinski definition) is 2. The van der Waals surface area contributed by atoms with E-state index in [1.165, 1.54) is 19.3 Å². The second kappa shape index (κ2) is 9.03. The largest absolute Gasteiger partial charge is 0.299 e. The molecular weight excluding hydrogens is 360 g/mol. The van der Waals surface area contributed by atoms with Gasteiger partial charge in [0.1, 0.15) is 5.78 Å². The fourth-order valence-electron chi connectivity index (χ4n) is 5.48. The summed E-state index contributed by atoms with van der Waals surface area (Å²) in [4.78, 5) is 13.6. The van der Waals surface area contributed by atoms with Gasteiger partial charge in [-0.2, -0.15) is 12.6 Å². The zero-order valence-corrected chi connectivity index (χ0v) is 22.5. The van der Waals surface area contributed by atoms with Crippen LogP contribution < -0.4 is 0 Å². The summed E-state index contributed by atoms with van der Waals surface area (Å²) in [6.07, 6.45) is 6.61. The Morgan fingerprint density at radius 3 is 1.50 bits per heavy atom. The molecule has 2 heteroatoms. The predicted molar refractivity (Wildman–Crippen MR) is 130 cm³/mol. The van der Waals surface area contributed by atoms with Gasteiger partial charge in [0.2, 0.25) is 0 Å². The van der Waals surface area contributed by atoms with Crippen LogP contribution in [0.5, 0.6) is 0 Å². The van der Waals surface area contributed by atoms with Gasteiger partial charge < -0.3 is 0 Å². The molecule has 0 saturated carbocycles. The molecule has 0 N–H and O–H groups in total. The highest BCUT2D eigenvalue weighted by Gasteiger charge is 2.48. The van der Waals surface area contributed by atoms with E-state index in [0.717, 1.165) is 19.3 Å². The van der Waals surface area contributed by atoms with E-state index < -0.39 is 0 Å². The van der Waals surface area contributed by atoms with Crippen LogP contribution in [-0.2, 0) is 4.79 Å². The maximum absolute atomic E-state index is 13.6. The van der Waals surface area contributed by atoms with Crippen molar-refractivity contribution in [1.82, 2.24) is 0 Å². The second-order valence-corrected chi connectivity index (χ2v) is 14.7. The molecule has 168 valence electrons. The summed E-state index contributed by atoms with van der Waals surface area (Å²) in [5.74, 6) is 0.378. The number of carbonyl (C=O) groups is 1.